The number of aromatic nitrogens is 2. The summed E-state index contributed by atoms with van der Waals surface area (Å²) in [5.74, 6) is 0.780. The molecule has 0 aromatic carbocycles. The number of rotatable bonds is 1. The van der Waals surface area contributed by atoms with Gasteiger partial charge in [0.15, 0.2) is 0 Å². The minimum absolute atomic E-state index is 0.780. The Morgan fingerprint density at radius 3 is 3.25 bits per heavy atom. The Hall–Kier alpha value is -0.960. The molecule has 2 aromatic heterocycles. The highest BCUT2D eigenvalue weighted by Crippen LogP contribution is 2.44. The fourth-order valence-electron chi connectivity index (χ4n) is 1.44. The van der Waals surface area contributed by atoms with Crippen LogP contribution in [0.25, 0.3) is 10.2 Å². The largest absolute Gasteiger partial charge is 0.235 e. The molecule has 1 saturated carbocycles. The molecular formula is C9H7N2S. The van der Waals surface area contributed by atoms with Crippen LogP contribution >= 0.6 is 11.3 Å². The Morgan fingerprint density at radius 2 is 2.42 bits per heavy atom. The van der Waals surface area contributed by atoms with E-state index in [4.69, 9.17) is 0 Å². The Labute approximate surface area is 74.3 Å². The maximum Gasteiger partial charge on any atom is 0.116 e. The van der Waals surface area contributed by atoms with E-state index in [1.165, 1.54) is 18.4 Å². The van der Waals surface area contributed by atoms with Crippen molar-refractivity contribution in [3.63, 3.8) is 0 Å². The van der Waals surface area contributed by atoms with Gasteiger partial charge in [0.1, 0.15) is 12.5 Å². The Kier molecular flexibility index (Phi) is 1.23. The second kappa shape index (κ2) is 2.26. The molecule has 0 unspecified atom stereocenters. The maximum atomic E-state index is 4.27. The third kappa shape index (κ3) is 0.862. The Morgan fingerprint density at radius 1 is 1.50 bits per heavy atom. The smallest absolute Gasteiger partial charge is 0.116 e. The summed E-state index contributed by atoms with van der Waals surface area (Å²) in [6.07, 6.45) is 7.20. The molecule has 2 aromatic rings. The zero-order chi connectivity index (χ0) is 7.97. The summed E-state index contributed by atoms with van der Waals surface area (Å²) in [7, 11) is 0. The van der Waals surface area contributed by atoms with Crippen LogP contribution in [0, 0.1) is 6.20 Å². The zero-order valence-electron chi connectivity index (χ0n) is 6.45. The predicted molar refractivity (Wildman–Crippen MR) is 48.2 cm³/mol. The van der Waals surface area contributed by atoms with Crippen LogP contribution in [0.15, 0.2) is 11.7 Å². The van der Waals surface area contributed by atoms with E-state index in [1.807, 2.05) is 0 Å². The maximum absolute atomic E-state index is 4.27. The van der Waals surface area contributed by atoms with E-state index in [1.54, 1.807) is 17.7 Å². The lowest BCUT2D eigenvalue weighted by molar-refractivity contribution is 1.13. The van der Waals surface area contributed by atoms with Crippen LogP contribution in [0.2, 0.25) is 0 Å². The minimum Gasteiger partial charge on any atom is -0.235 e. The van der Waals surface area contributed by atoms with Gasteiger partial charge in [-0.15, -0.1) is 11.3 Å². The molecule has 1 aliphatic carbocycles. The summed E-state index contributed by atoms with van der Waals surface area (Å²) in [5, 5.41) is 2.20. The number of thiophene rings is 1. The fraction of sp³-hybridized carbons (Fsp3) is 0.333. The molecule has 59 valence electrons. The summed E-state index contributed by atoms with van der Waals surface area (Å²) < 4.78 is 1.10. The lowest BCUT2D eigenvalue weighted by Crippen LogP contribution is -1.80. The summed E-state index contributed by atoms with van der Waals surface area (Å²) in [5.41, 5.74) is 2.53. The van der Waals surface area contributed by atoms with Crippen molar-refractivity contribution in [1.29, 1.82) is 0 Å². The third-order valence-electron chi connectivity index (χ3n) is 2.22. The van der Waals surface area contributed by atoms with Crippen molar-refractivity contribution in [1.82, 2.24) is 9.97 Å². The predicted octanol–water partition coefficient (Wildman–Crippen LogP) is 2.37. The van der Waals surface area contributed by atoms with E-state index in [0.717, 1.165) is 16.1 Å². The van der Waals surface area contributed by atoms with Gasteiger partial charge in [-0.1, -0.05) is 0 Å². The van der Waals surface area contributed by atoms with Gasteiger partial charge in [-0.05, 0) is 29.7 Å². The highest BCUT2D eigenvalue weighted by Gasteiger charge is 2.26. The number of hydrogen-bond acceptors (Lipinski definition) is 3. The van der Waals surface area contributed by atoms with Crippen LogP contribution in [0.5, 0.6) is 0 Å². The molecule has 12 heavy (non-hydrogen) atoms. The van der Waals surface area contributed by atoms with Crippen molar-refractivity contribution < 1.29 is 0 Å². The molecule has 1 aliphatic rings. The van der Waals surface area contributed by atoms with Gasteiger partial charge in [0.05, 0.1) is 10.2 Å². The molecule has 0 atom stereocenters. The van der Waals surface area contributed by atoms with E-state index >= 15 is 0 Å². The first-order chi connectivity index (χ1) is 5.95. The summed E-state index contributed by atoms with van der Waals surface area (Å²) in [6.45, 7) is 0. The first-order valence-corrected chi connectivity index (χ1v) is 4.93. The average Bonchev–Trinajstić information content (AvgIpc) is 2.86. The normalized spacial score (nSPS) is 17.0. The van der Waals surface area contributed by atoms with Gasteiger partial charge in [0, 0.05) is 0 Å². The molecule has 2 heterocycles. The summed E-state index contributed by atoms with van der Waals surface area (Å²) in [6, 6.07) is 0. The van der Waals surface area contributed by atoms with Gasteiger partial charge in [0.25, 0.3) is 0 Å². The third-order valence-corrected chi connectivity index (χ3v) is 3.11. The number of nitrogens with zero attached hydrogens (tertiary/aromatic N) is 2. The zero-order valence-corrected chi connectivity index (χ0v) is 7.27. The quantitative estimate of drug-likeness (QED) is 0.665. The van der Waals surface area contributed by atoms with Gasteiger partial charge in [0.2, 0.25) is 0 Å². The molecule has 0 bridgehead atoms. The van der Waals surface area contributed by atoms with Crippen molar-refractivity contribution in [2.45, 2.75) is 18.8 Å². The van der Waals surface area contributed by atoms with Crippen molar-refractivity contribution in [3.8, 4) is 0 Å². The van der Waals surface area contributed by atoms with Crippen LogP contribution in [-0.4, -0.2) is 9.97 Å². The van der Waals surface area contributed by atoms with Gasteiger partial charge >= 0.3 is 0 Å². The van der Waals surface area contributed by atoms with E-state index in [0.29, 0.717) is 0 Å². The fourth-order valence-corrected chi connectivity index (χ4v) is 2.37. The highest BCUT2D eigenvalue weighted by molar-refractivity contribution is 7.17. The van der Waals surface area contributed by atoms with Gasteiger partial charge in [-0.2, -0.15) is 0 Å². The van der Waals surface area contributed by atoms with E-state index in [-0.39, 0.29) is 0 Å². The van der Waals surface area contributed by atoms with E-state index in [9.17, 15) is 0 Å². The van der Waals surface area contributed by atoms with Crippen LogP contribution in [0.3, 0.4) is 0 Å². The molecule has 3 rings (SSSR count). The second-order valence-corrected chi connectivity index (χ2v) is 4.01. The topological polar surface area (TPSA) is 25.8 Å². The molecular weight excluding hydrogens is 168 g/mol. The lowest BCUT2D eigenvalue weighted by Gasteiger charge is -1.91. The van der Waals surface area contributed by atoms with Gasteiger partial charge in [-0.3, -0.25) is 0 Å². The number of fused-ring (bicyclic) bond motifs is 1. The summed E-state index contributed by atoms with van der Waals surface area (Å²) >= 11 is 1.70. The molecule has 2 nitrogen and oxygen atoms in total. The first kappa shape index (κ1) is 6.54. The van der Waals surface area contributed by atoms with Crippen LogP contribution in [0.1, 0.15) is 24.3 Å². The van der Waals surface area contributed by atoms with Gasteiger partial charge in [-0.25, -0.2) is 9.97 Å². The second-order valence-electron chi connectivity index (χ2n) is 3.13. The Bertz CT molecular complexity index is 417. The molecule has 0 aliphatic heterocycles. The summed E-state index contributed by atoms with van der Waals surface area (Å²) in [4.78, 5) is 8.15. The molecule has 0 N–H and O–H groups in total. The van der Waals surface area contributed by atoms with Crippen molar-refractivity contribution in [2.75, 3.05) is 0 Å². The molecule has 0 amide bonds. The van der Waals surface area contributed by atoms with Crippen molar-refractivity contribution >= 4 is 21.6 Å². The van der Waals surface area contributed by atoms with Crippen LogP contribution in [0.4, 0.5) is 0 Å². The molecule has 3 heteroatoms. The molecule has 1 fully saturated rings. The van der Waals surface area contributed by atoms with Crippen LogP contribution in [-0.2, 0) is 0 Å². The van der Waals surface area contributed by atoms with Crippen molar-refractivity contribution in [2.24, 2.45) is 0 Å². The average molecular weight is 175 g/mol. The monoisotopic (exact) mass is 175 g/mol. The SMILES string of the molecule is [c]1ncnc2c(C3CC3)csc12. The van der Waals surface area contributed by atoms with Crippen LogP contribution < -0.4 is 0 Å². The molecule has 0 saturated heterocycles. The van der Waals surface area contributed by atoms with E-state index < -0.39 is 0 Å². The number of hydrogen-bond donors (Lipinski definition) is 0. The minimum atomic E-state index is 0.780. The lowest BCUT2D eigenvalue weighted by atomic mass is 10.2. The van der Waals surface area contributed by atoms with Crippen molar-refractivity contribution in [3.05, 3.63) is 23.5 Å². The molecule has 0 spiro atoms. The standard InChI is InChI=1S/C9H7N2S/c1-2-6(1)7-4-12-8-3-10-5-11-9(7)8/h4-6H,1-2H2. The Balaban J connectivity index is 2.30. The van der Waals surface area contributed by atoms with Gasteiger partial charge < -0.3 is 0 Å². The molecule has 1 radical (unpaired) electrons. The first-order valence-electron chi connectivity index (χ1n) is 4.05. The highest BCUT2D eigenvalue weighted by atomic mass is 32.1. The van der Waals surface area contributed by atoms with E-state index in [2.05, 4.69) is 21.5 Å².